The smallest absolute Gasteiger partial charge is 0.199 e. The fourth-order valence-electron chi connectivity index (χ4n) is 3.07. The summed E-state index contributed by atoms with van der Waals surface area (Å²) in [6.45, 7) is 6.44. The number of benzene rings is 1. The first-order valence-electron chi connectivity index (χ1n) is 6.97. The highest BCUT2D eigenvalue weighted by molar-refractivity contribution is 7.71. The summed E-state index contributed by atoms with van der Waals surface area (Å²) in [6.07, 6.45) is 0.386. The summed E-state index contributed by atoms with van der Waals surface area (Å²) in [5.41, 5.74) is 1.04. The first-order chi connectivity index (χ1) is 9.59. The predicted octanol–water partition coefficient (Wildman–Crippen LogP) is 3.46. The summed E-state index contributed by atoms with van der Waals surface area (Å²) < 4.78 is 8.59. The van der Waals surface area contributed by atoms with E-state index in [4.69, 9.17) is 17.0 Å². The summed E-state index contributed by atoms with van der Waals surface area (Å²) in [5.74, 6) is 1.63. The van der Waals surface area contributed by atoms with Crippen LogP contribution in [-0.2, 0) is 4.74 Å². The minimum atomic E-state index is 0.146. The lowest BCUT2D eigenvalue weighted by molar-refractivity contribution is 0.0552. The number of aromatic amines is 1. The highest BCUT2D eigenvalue weighted by Gasteiger charge is 2.40. The van der Waals surface area contributed by atoms with Gasteiger partial charge in [0.2, 0.25) is 0 Å². The van der Waals surface area contributed by atoms with Crippen LogP contribution in [0.4, 0.5) is 0 Å². The van der Waals surface area contributed by atoms with Crippen molar-refractivity contribution in [3.63, 3.8) is 0 Å². The van der Waals surface area contributed by atoms with Crippen molar-refractivity contribution in [1.29, 1.82) is 0 Å². The Kier molecular flexibility index (Phi) is 3.48. The van der Waals surface area contributed by atoms with E-state index in [0.717, 1.165) is 11.5 Å². The molecule has 1 fully saturated rings. The van der Waals surface area contributed by atoms with Gasteiger partial charge < -0.3 is 4.74 Å². The standard InChI is InChI=1S/C15H19N3OS/c1-9-10(2)19-11(3)13(9)14-16-17-15(20)18(14)12-7-5-4-6-8-12/h4-11,13H,1-3H3,(H,17,20). The van der Waals surface area contributed by atoms with Gasteiger partial charge in [-0.1, -0.05) is 25.1 Å². The molecule has 0 aliphatic carbocycles. The van der Waals surface area contributed by atoms with Crippen molar-refractivity contribution in [2.75, 3.05) is 0 Å². The average molecular weight is 289 g/mol. The topological polar surface area (TPSA) is 42.8 Å². The summed E-state index contributed by atoms with van der Waals surface area (Å²) in [6, 6.07) is 10.1. The van der Waals surface area contributed by atoms with Crippen molar-refractivity contribution >= 4 is 12.2 Å². The van der Waals surface area contributed by atoms with Crippen molar-refractivity contribution in [1.82, 2.24) is 14.8 Å². The summed E-state index contributed by atoms with van der Waals surface area (Å²) >= 11 is 5.40. The molecule has 1 N–H and O–H groups in total. The fraction of sp³-hybridized carbons (Fsp3) is 0.467. The maximum atomic E-state index is 5.94. The molecule has 2 heterocycles. The number of hydrogen-bond donors (Lipinski definition) is 1. The monoisotopic (exact) mass is 289 g/mol. The van der Waals surface area contributed by atoms with Gasteiger partial charge in [-0.15, -0.1) is 0 Å². The van der Waals surface area contributed by atoms with E-state index in [1.807, 2.05) is 34.9 Å². The van der Waals surface area contributed by atoms with Crippen molar-refractivity contribution in [2.24, 2.45) is 5.92 Å². The number of H-pyrrole nitrogens is 1. The molecule has 0 bridgehead atoms. The Labute approximate surface area is 123 Å². The highest BCUT2D eigenvalue weighted by Crippen LogP contribution is 2.39. The minimum Gasteiger partial charge on any atom is -0.374 e. The lowest BCUT2D eigenvalue weighted by Crippen LogP contribution is -2.19. The van der Waals surface area contributed by atoms with Gasteiger partial charge >= 0.3 is 0 Å². The van der Waals surface area contributed by atoms with E-state index in [1.54, 1.807) is 0 Å². The molecule has 5 heteroatoms. The molecule has 106 valence electrons. The van der Waals surface area contributed by atoms with Crippen LogP contribution in [0.5, 0.6) is 0 Å². The molecule has 1 aliphatic heterocycles. The van der Waals surface area contributed by atoms with Crippen LogP contribution in [0.15, 0.2) is 30.3 Å². The van der Waals surface area contributed by atoms with Crippen LogP contribution in [0.25, 0.3) is 5.69 Å². The normalized spacial score (nSPS) is 29.8. The van der Waals surface area contributed by atoms with Gasteiger partial charge in [0.05, 0.1) is 18.1 Å². The van der Waals surface area contributed by atoms with E-state index in [-0.39, 0.29) is 18.1 Å². The quantitative estimate of drug-likeness (QED) is 0.861. The minimum absolute atomic E-state index is 0.146. The molecule has 1 aromatic heterocycles. The SMILES string of the molecule is CC1OC(C)C(c2n[nH]c(=S)n2-c2ccccc2)C1C. The zero-order valence-electron chi connectivity index (χ0n) is 11.9. The second-order valence-electron chi connectivity index (χ2n) is 5.49. The number of nitrogens with zero attached hydrogens (tertiary/aromatic N) is 2. The van der Waals surface area contributed by atoms with Crippen molar-refractivity contribution in [3.8, 4) is 5.69 Å². The van der Waals surface area contributed by atoms with Crippen molar-refractivity contribution in [2.45, 2.75) is 38.9 Å². The molecule has 2 aromatic rings. The van der Waals surface area contributed by atoms with E-state index in [1.165, 1.54) is 0 Å². The highest BCUT2D eigenvalue weighted by atomic mass is 32.1. The van der Waals surface area contributed by atoms with E-state index in [2.05, 4.69) is 31.0 Å². The van der Waals surface area contributed by atoms with Crippen LogP contribution >= 0.6 is 12.2 Å². The first-order valence-corrected chi connectivity index (χ1v) is 7.38. The number of ether oxygens (including phenoxy) is 1. The molecule has 1 aliphatic rings. The Morgan fingerprint density at radius 3 is 2.45 bits per heavy atom. The summed E-state index contributed by atoms with van der Waals surface area (Å²) in [4.78, 5) is 0. The summed E-state index contributed by atoms with van der Waals surface area (Å²) in [7, 11) is 0. The third kappa shape index (κ3) is 2.11. The van der Waals surface area contributed by atoms with Crippen LogP contribution in [-0.4, -0.2) is 27.0 Å². The van der Waals surface area contributed by atoms with Gasteiger partial charge in [0.15, 0.2) is 4.77 Å². The molecular formula is C15H19N3OS. The first kappa shape index (κ1) is 13.5. The summed E-state index contributed by atoms with van der Waals surface area (Å²) in [5, 5.41) is 7.40. The fourth-order valence-corrected chi connectivity index (χ4v) is 3.32. The Morgan fingerprint density at radius 1 is 1.15 bits per heavy atom. The Balaban J connectivity index is 2.11. The second-order valence-corrected chi connectivity index (χ2v) is 5.88. The molecule has 4 unspecified atom stereocenters. The zero-order valence-corrected chi connectivity index (χ0v) is 12.7. The van der Waals surface area contributed by atoms with Crippen LogP contribution in [0, 0.1) is 10.7 Å². The molecule has 0 amide bonds. The third-order valence-electron chi connectivity index (χ3n) is 4.25. The molecule has 0 spiro atoms. The number of para-hydroxylation sites is 1. The zero-order chi connectivity index (χ0) is 14.3. The molecule has 20 heavy (non-hydrogen) atoms. The lowest BCUT2D eigenvalue weighted by Gasteiger charge is -2.18. The van der Waals surface area contributed by atoms with Crippen LogP contribution in [0.1, 0.15) is 32.5 Å². The van der Waals surface area contributed by atoms with Gasteiger partial charge in [0, 0.05) is 5.69 Å². The van der Waals surface area contributed by atoms with Gasteiger partial charge in [-0.3, -0.25) is 9.67 Å². The van der Waals surface area contributed by atoms with E-state index >= 15 is 0 Å². The van der Waals surface area contributed by atoms with Crippen molar-refractivity contribution in [3.05, 3.63) is 40.9 Å². The Hall–Kier alpha value is -1.46. The lowest BCUT2D eigenvalue weighted by atomic mass is 9.89. The van der Waals surface area contributed by atoms with Crippen molar-refractivity contribution < 1.29 is 4.74 Å². The maximum Gasteiger partial charge on any atom is 0.199 e. The number of nitrogens with one attached hydrogen (secondary N) is 1. The van der Waals surface area contributed by atoms with Crippen LogP contribution < -0.4 is 0 Å². The molecule has 0 radical (unpaired) electrons. The largest absolute Gasteiger partial charge is 0.374 e. The van der Waals surface area contributed by atoms with Gasteiger partial charge in [-0.25, -0.2) is 0 Å². The van der Waals surface area contributed by atoms with Gasteiger partial charge in [-0.05, 0) is 44.1 Å². The molecule has 1 aromatic carbocycles. The van der Waals surface area contributed by atoms with Gasteiger partial charge in [0.1, 0.15) is 5.82 Å². The van der Waals surface area contributed by atoms with Crippen LogP contribution in [0.2, 0.25) is 0 Å². The number of rotatable bonds is 2. The van der Waals surface area contributed by atoms with Crippen LogP contribution in [0.3, 0.4) is 0 Å². The predicted molar refractivity (Wildman–Crippen MR) is 80.7 cm³/mol. The molecule has 4 nitrogen and oxygen atoms in total. The number of aromatic nitrogens is 3. The van der Waals surface area contributed by atoms with E-state index < -0.39 is 0 Å². The third-order valence-corrected chi connectivity index (χ3v) is 4.53. The van der Waals surface area contributed by atoms with Gasteiger partial charge in [-0.2, -0.15) is 5.10 Å². The average Bonchev–Trinajstić information content (AvgIpc) is 2.92. The molecule has 4 atom stereocenters. The Morgan fingerprint density at radius 2 is 1.85 bits per heavy atom. The second kappa shape index (κ2) is 5.14. The Bertz CT molecular complexity index is 649. The molecule has 0 saturated carbocycles. The molecule has 3 rings (SSSR count). The van der Waals surface area contributed by atoms with E-state index in [9.17, 15) is 0 Å². The molecule has 1 saturated heterocycles. The van der Waals surface area contributed by atoms with Gasteiger partial charge in [0.25, 0.3) is 0 Å². The number of hydrogen-bond acceptors (Lipinski definition) is 3. The molecular weight excluding hydrogens is 270 g/mol. The van der Waals surface area contributed by atoms with E-state index in [0.29, 0.717) is 10.7 Å². The maximum absolute atomic E-state index is 5.94.